The highest BCUT2D eigenvalue weighted by Gasteiger charge is 2.35. The molecule has 0 spiro atoms. The molecule has 3 atom stereocenters. The summed E-state index contributed by atoms with van der Waals surface area (Å²) in [5.74, 6) is 0. The van der Waals surface area contributed by atoms with Crippen LogP contribution < -0.4 is 0 Å². The van der Waals surface area contributed by atoms with Gasteiger partial charge in [-0.25, -0.2) is 0 Å². The number of allylic oxidation sites excluding steroid dienone is 1. The molecule has 2 saturated heterocycles. The summed E-state index contributed by atoms with van der Waals surface area (Å²) in [4.78, 5) is 0. The van der Waals surface area contributed by atoms with Crippen LogP contribution >= 0.6 is 0 Å². The van der Waals surface area contributed by atoms with Crippen LogP contribution in [-0.2, 0) is 14.2 Å². The topological polar surface area (TPSA) is 31.0 Å². The Balaban J connectivity index is 1.29. The molecule has 0 aliphatic carbocycles. The van der Waals surface area contributed by atoms with E-state index in [9.17, 15) is 0 Å². The average Bonchev–Trinajstić information content (AvgIpc) is 3.47. The van der Waals surface area contributed by atoms with E-state index >= 15 is 0 Å². The Morgan fingerprint density at radius 3 is 2.32 bits per heavy atom. The number of rotatable bonds is 18. The Kier molecular flexibility index (Phi) is 14.0. The molecule has 0 aromatic rings. The summed E-state index contributed by atoms with van der Waals surface area (Å²) in [6, 6.07) is 0. The first-order valence-electron chi connectivity index (χ1n) is 12.5. The van der Waals surface area contributed by atoms with Crippen molar-refractivity contribution in [2.24, 2.45) is 0 Å². The van der Waals surface area contributed by atoms with Crippen LogP contribution in [0.1, 0.15) is 116 Å². The summed E-state index contributed by atoms with van der Waals surface area (Å²) < 4.78 is 17.1. The van der Waals surface area contributed by atoms with Crippen LogP contribution in [0.2, 0.25) is 0 Å². The molecule has 0 aromatic heterocycles. The second kappa shape index (κ2) is 16.4. The molecule has 2 heterocycles. The number of hydrogen-bond acceptors (Lipinski definition) is 3. The minimum absolute atomic E-state index is 0.0624. The van der Waals surface area contributed by atoms with Gasteiger partial charge in [-0.3, -0.25) is 0 Å². The maximum Gasteiger partial charge on any atom is 0.157 e. The van der Waals surface area contributed by atoms with E-state index in [1.807, 2.05) is 0 Å². The van der Waals surface area contributed by atoms with Gasteiger partial charge in [0.2, 0.25) is 0 Å². The quantitative estimate of drug-likeness (QED) is 0.138. The molecule has 2 aliphatic rings. The van der Waals surface area contributed by atoms with Crippen LogP contribution in [0, 0.1) is 0 Å². The first-order valence-corrected chi connectivity index (χ1v) is 12.5. The van der Waals surface area contributed by atoms with E-state index in [1.54, 1.807) is 0 Å². The molecule has 0 amide bonds. The molecule has 0 bridgehead atoms. The molecule has 0 radical (unpaired) electrons. The molecule has 0 saturated carbocycles. The van der Waals surface area contributed by atoms with E-state index in [4.69, 9.17) is 14.2 Å². The van der Waals surface area contributed by atoms with Crippen molar-refractivity contribution < 1.29 is 14.2 Å². The molecule has 0 aromatic carbocycles. The van der Waals surface area contributed by atoms with Gasteiger partial charge in [-0.15, -0.1) is 0 Å². The molecule has 2 fully saturated rings. The van der Waals surface area contributed by atoms with Crippen molar-refractivity contribution in [2.75, 3.05) is 13.2 Å². The van der Waals surface area contributed by atoms with Crippen molar-refractivity contribution in [3.63, 3.8) is 0 Å². The summed E-state index contributed by atoms with van der Waals surface area (Å²) >= 11 is 0. The van der Waals surface area contributed by atoms with Crippen LogP contribution in [0.15, 0.2) is 12.2 Å². The van der Waals surface area contributed by atoms with E-state index in [-0.39, 0.29) is 6.29 Å². The largest absolute Gasteiger partial charge is 0.365 e. The number of ether oxygens (including phenoxy) is 3. The first-order chi connectivity index (χ1) is 13.9. The Hall–Kier alpha value is -0.380. The van der Waals surface area contributed by atoms with Gasteiger partial charge < -0.3 is 14.2 Å². The molecule has 164 valence electrons. The minimum atomic E-state index is 0.0624. The molecule has 2 rings (SSSR count). The maximum absolute atomic E-state index is 5.78. The van der Waals surface area contributed by atoms with Gasteiger partial charge in [-0.1, -0.05) is 76.9 Å². The van der Waals surface area contributed by atoms with E-state index in [0.29, 0.717) is 12.2 Å². The third-order valence-electron chi connectivity index (χ3n) is 6.00. The number of hydrogen-bond donors (Lipinski definition) is 0. The monoisotopic (exact) mass is 394 g/mol. The van der Waals surface area contributed by atoms with Crippen molar-refractivity contribution in [2.45, 2.75) is 135 Å². The molecular formula is C25H46O3. The van der Waals surface area contributed by atoms with Gasteiger partial charge in [0.05, 0.1) is 6.10 Å². The Bertz CT molecular complexity index is 376. The number of epoxide rings is 1. The molecule has 2 aliphatic heterocycles. The second-order valence-corrected chi connectivity index (χ2v) is 8.70. The third kappa shape index (κ3) is 12.2. The minimum Gasteiger partial charge on any atom is -0.365 e. The molecule has 3 nitrogen and oxygen atoms in total. The molecular weight excluding hydrogens is 348 g/mol. The highest BCUT2D eigenvalue weighted by atomic mass is 16.7. The second-order valence-electron chi connectivity index (χ2n) is 8.70. The smallest absolute Gasteiger partial charge is 0.157 e. The molecule has 1 unspecified atom stereocenters. The fraction of sp³-hybridized carbons (Fsp3) is 0.920. The first kappa shape index (κ1) is 23.9. The summed E-state index contributed by atoms with van der Waals surface area (Å²) in [6.45, 7) is 3.99. The van der Waals surface area contributed by atoms with Gasteiger partial charge in [0.1, 0.15) is 6.10 Å². The van der Waals surface area contributed by atoms with E-state index in [0.717, 1.165) is 26.1 Å². The zero-order valence-electron chi connectivity index (χ0n) is 18.5. The Labute approximate surface area is 174 Å². The predicted octanol–water partition coefficient (Wildman–Crippen LogP) is 7.33. The standard InChI is InChI=1S/C25H46O3/c1-2-3-4-5-6-7-8-9-10-11-12-13-18-23-24(28-23)19-14-16-21-26-25-20-15-17-22-27-25/h13,18,23-25H,2-12,14-17,19-22H2,1H3/b18-13-/t23-,24-,25?/m0/s1. The van der Waals surface area contributed by atoms with Gasteiger partial charge in [0.15, 0.2) is 6.29 Å². The van der Waals surface area contributed by atoms with Crippen molar-refractivity contribution in [3.05, 3.63) is 12.2 Å². The molecule has 3 heteroatoms. The summed E-state index contributed by atoms with van der Waals surface area (Å²) in [5.41, 5.74) is 0. The Morgan fingerprint density at radius 2 is 1.61 bits per heavy atom. The number of unbranched alkanes of at least 4 members (excludes halogenated alkanes) is 11. The maximum atomic E-state index is 5.78. The Morgan fingerprint density at radius 1 is 0.857 bits per heavy atom. The third-order valence-corrected chi connectivity index (χ3v) is 6.00. The van der Waals surface area contributed by atoms with E-state index in [1.165, 1.54) is 96.3 Å². The molecule has 0 N–H and O–H groups in total. The van der Waals surface area contributed by atoms with Gasteiger partial charge in [0, 0.05) is 13.2 Å². The van der Waals surface area contributed by atoms with E-state index in [2.05, 4.69) is 19.1 Å². The predicted molar refractivity (Wildman–Crippen MR) is 118 cm³/mol. The fourth-order valence-corrected chi connectivity index (χ4v) is 4.04. The van der Waals surface area contributed by atoms with Crippen LogP contribution in [-0.4, -0.2) is 31.7 Å². The van der Waals surface area contributed by atoms with Gasteiger partial charge in [0.25, 0.3) is 0 Å². The zero-order chi connectivity index (χ0) is 19.7. The lowest BCUT2D eigenvalue weighted by atomic mass is 10.1. The highest BCUT2D eigenvalue weighted by Crippen LogP contribution is 2.28. The fourth-order valence-electron chi connectivity index (χ4n) is 4.04. The molecule has 28 heavy (non-hydrogen) atoms. The normalized spacial score (nSPS) is 24.8. The summed E-state index contributed by atoms with van der Waals surface area (Å²) in [6.07, 6.45) is 27.9. The van der Waals surface area contributed by atoms with Gasteiger partial charge in [-0.05, 0) is 51.4 Å². The lowest BCUT2D eigenvalue weighted by Gasteiger charge is -2.22. The average molecular weight is 395 g/mol. The van der Waals surface area contributed by atoms with Crippen molar-refractivity contribution >= 4 is 0 Å². The van der Waals surface area contributed by atoms with Crippen LogP contribution in [0.5, 0.6) is 0 Å². The van der Waals surface area contributed by atoms with E-state index < -0.39 is 0 Å². The van der Waals surface area contributed by atoms with Crippen molar-refractivity contribution in [1.29, 1.82) is 0 Å². The van der Waals surface area contributed by atoms with Gasteiger partial charge >= 0.3 is 0 Å². The van der Waals surface area contributed by atoms with Crippen molar-refractivity contribution in [1.82, 2.24) is 0 Å². The van der Waals surface area contributed by atoms with Crippen LogP contribution in [0.4, 0.5) is 0 Å². The zero-order valence-corrected chi connectivity index (χ0v) is 18.5. The van der Waals surface area contributed by atoms with Crippen molar-refractivity contribution in [3.8, 4) is 0 Å². The lowest BCUT2D eigenvalue weighted by molar-refractivity contribution is -0.162. The lowest BCUT2D eigenvalue weighted by Crippen LogP contribution is -2.22. The summed E-state index contributed by atoms with van der Waals surface area (Å²) in [7, 11) is 0. The highest BCUT2D eigenvalue weighted by molar-refractivity contribution is 5.02. The van der Waals surface area contributed by atoms with Crippen LogP contribution in [0.25, 0.3) is 0 Å². The summed E-state index contributed by atoms with van der Waals surface area (Å²) in [5, 5.41) is 0. The SMILES string of the molecule is CCCCCCCCCCCC/C=C\[C@@H]1O[C@H]1CCCCOC1CCCCO1. The van der Waals surface area contributed by atoms with Crippen LogP contribution in [0.3, 0.4) is 0 Å². The van der Waals surface area contributed by atoms with Gasteiger partial charge in [-0.2, -0.15) is 0 Å².